The van der Waals surface area contributed by atoms with E-state index in [4.69, 9.17) is 14.2 Å². The molecule has 0 radical (unpaired) electrons. The SMILES string of the molecule is CC/C=C\C/C=C\C/C=C\C/C=C\C/C=C\CCCC(=O)OCC(COC(=O)CCCCCCCCCC/C=C\C/C=C\C/C=C\C/C=C\CC)OC(=O)CCCCCCCCCCCCCCCCCCCC. The fraction of sp³-hybridized carbons (Fsp3) is 0.691. The van der Waals surface area contributed by atoms with Crippen molar-refractivity contribution in [2.24, 2.45) is 0 Å². The van der Waals surface area contributed by atoms with Gasteiger partial charge < -0.3 is 14.2 Å². The Morgan fingerprint density at radius 2 is 0.541 bits per heavy atom. The summed E-state index contributed by atoms with van der Waals surface area (Å²) in [6, 6.07) is 0. The van der Waals surface area contributed by atoms with Crippen LogP contribution < -0.4 is 0 Å². The van der Waals surface area contributed by atoms with Crippen LogP contribution in [0.4, 0.5) is 0 Å². The number of allylic oxidation sites excluding steroid dienone is 18. The molecule has 0 spiro atoms. The van der Waals surface area contributed by atoms with E-state index in [9.17, 15) is 14.4 Å². The molecule has 0 heterocycles. The van der Waals surface area contributed by atoms with Gasteiger partial charge in [0.15, 0.2) is 6.10 Å². The minimum Gasteiger partial charge on any atom is -0.462 e. The van der Waals surface area contributed by atoms with Crippen LogP contribution in [0.15, 0.2) is 109 Å². The molecule has 0 bridgehead atoms. The van der Waals surface area contributed by atoms with Crippen molar-refractivity contribution in [3.8, 4) is 0 Å². The van der Waals surface area contributed by atoms with E-state index in [1.165, 1.54) is 128 Å². The number of unbranched alkanes of at least 4 members (excludes halogenated alkanes) is 26. The van der Waals surface area contributed by atoms with Gasteiger partial charge in [0.25, 0.3) is 0 Å². The van der Waals surface area contributed by atoms with Gasteiger partial charge in [-0.3, -0.25) is 14.4 Å². The van der Waals surface area contributed by atoms with Gasteiger partial charge in [-0.15, -0.1) is 0 Å². The normalized spacial score (nSPS) is 12.9. The van der Waals surface area contributed by atoms with Gasteiger partial charge in [-0.05, 0) is 96.3 Å². The quantitative estimate of drug-likeness (QED) is 0.0261. The van der Waals surface area contributed by atoms with E-state index >= 15 is 0 Å². The van der Waals surface area contributed by atoms with Crippen molar-refractivity contribution in [3.63, 3.8) is 0 Å². The summed E-state index contributed by atoms with van der Waals surface area (Å²) in [4.78, 5) is 38.3. The summed E-state index contributed by atoms with van der Waals surface area (Å²) < 4.78 is 16.9. The van der Waals surface area contributed by atoms with Crippen LogP contribution in [0.5, 0.6) is 0 Å². The Kier molecular flexibility index (Phi) is 58.3. The van der Waals surface area contributed by atoms with Crippen LogP contribution in [-0.4, -0.2) is 37.2 Å². The van der Waals surface area contributed by atoms with E-state index < -0.39 is 6.10 Å². The van der Waals surface area contributed by atoms with Crippen LogP contribution in [-0.2, 0) is 28.6 Å². The lowest BCUT2D eigenvalue weighted by atomic mass is 10.0. The number of rotatable bonds is 55. The van der Waals surface area contributed by atoms with Crippen LogP contribution in [0.2, 0.25) is 0 Å². The molecule has 0 aromatic heterocycles. The highest BCUT2D eigenvalue weighted by Crippen LogP contribution is 2.16. The predicted octanol–water partition coefficient (Wildman–Crippen LogP) is 21.0. The molecule has 0 aromatic carbocycles. The fourth-order valence-electron chi connectivity index (χ4n) is 8.47. The highest BCUT2D eigenvalue weighted by Gasteiger charge is 2.19. The van der Waals surface area contributed by atoms with Crippen LogP contribution in [0.1, 0.15) is 284 Å². The van der Waals surface area contributed by atoms with E-state index in [0.29, 0.717) is 19.3 Å². The molecule has 1 atom stereocenters. The number of hydrogen-bond acceptors (Lipinski definition) is 6. The standard InChI is InChI=1S/C68H114O6/c1-4-7-10-13-16-19-22-25-28-31-33-34-35-38-40-43-46-49-52-55-58-61-67(70)73-64-65(63-72-66(69)60-57-54-51-48-45-42-39-36-30-27-24-21-18-15-12-9-6-3)74-68(71)62-59-56-53-50-47-44-41-37-32-29-26-23-20-17-14-11-8-5-2/h7,9-10,12,16,18-19,21,25,27-28,30,33-34,39,42,48,51,65H,4-6,8,11,13-15,17,20,22-24,26,29,31-32,35-38,40-41,43-47,49-50,52-64H2,1-3H3/b10-7-,12-9-,19-16-,21-18-,28-25-,30-27-,34-33-,42-39-,51-48-. The Hall–Kier alpha value is -3.93. The smallest absolute Gasteiger partial charge is 0.306 e. The molecule has 0 aromatic rings. The summed E-state index contributed by atoms with van der Waals surface area (Å²) >= 11 is 0. The van der Waals surface area contributed by atoms with Crippen molar-refractivity contribution in [1.29, 1.82) is 0 Å². The highest BCUT2D eigenvalue weighted by atomic mass is 16.6. The molecule has 74 heavy (non-hydrogen) atoms. The summed E-state index contributed by atoms with van der Waals surface area (Å²) in [5.41, 5.74) is 0. The minimum atomic E-state index is -0.806. The molecule has 0 rings (SSSR count). The highest BCUT2D eigenvalue weighted by molar-refractivity contribution is 5.71. The lowest BCUT2D eigenvalue weighted by molar-refractivity contribution is -0.167. The zero-order valence-electron chi connectivity index (χ0n) is 48.3. The van der Waals surface area contributed by atoms with Crippen molar-refractivity contribution in [1.82, 2.24) is 0 Å². The first-order chi connectivity index (χ1) is 36.5. The zero-order chi connectivity index (χ0) is 53.6. The third kappa shape index (κ3) is 59.0. The Bertz CT molecular complexity index is 1510. The maximum Gasteiger partial charge on any atom is 0.306 e. The fourth-order valence-corrected chi connectivity index (χ4v) is 8.47. The molecule has 6 heteroatoms. The zero-order valence-corrected chi connectivity index (χ0v) is 48.3. The summed E-state index contributed by atoms with van der Waals surface area (Å²) in [6.07, 6.45) is 83.8. The number of esters is 3. The molecule has 422 valence electrons. The first-order valence-corrected chi connectivity index (χ1v) is 30.9. The van der Waals surface area contributed by atoms with Gasteiger partial charge >= 0.3 is 17.9 Å². The van der Waals surface area contributed by atoms with Crippen molar-refractivity contribution >= 4 is 17.9 Å². The molecule has 0 fully saturated rings. The first kappa shape index (κ1) is 70.1. The molecule has 0 N–H and O–H groups in total. The lowest BCUT2D eigenvalue weighted by Gasteiger charge is -2.18. The number of carbonyl (C=O) groups is 3. The van der Waals surface area contributed by atoms with Crippen LogP contribution in [0, 0.1) is 0 Å². The van der Waals surface area contributed by atoms with E-state index in [0.717, 1.165) is 109 Å². The maximum atomic E-state index is 12.9. The van der Waals surface area contributed by atoms with E-state index in [1.54, 1.807) is 0 Å². The number of carbonyl (C=O) groups excluding carboxylic acids is 3. The Morgan fingerprint density at radius 3 is 0.878 bits per heavy atom. The number of hydrogen-bond donors (Lipinski definition) is 0. The monoisotopic (exact) mass is 1030 g/mol. The molecule has 0 amide bonds. The second-order valence-electron chi connectivity index (χ2n) is 20.2. The van der Waals surface area contributed by atoms with E-state index in [-0.39, 0.29) is 37.5 Å². The molecule has 1 unspecified atom stereocenters. The minimum absolute atomic E-state index is 0.0993. The topological polar surface area (TPSA) is 78.9 Å². The molecule has 0 saturated carbocycles. The third-order valence-corrected chi connectivity index (χ3v) is 13.0. The Labute approximate surface area is 457 Å². The molecular formula is C68H114O6. The number of ether oxygens (including phenoxy) is 3. The van der Waals surface area contributed by atoms with Gasteiger partial charge in [0, 0.05) is 19.3 Å². The second kappa shape index (κ2) is 61.6. The van der Waals surface area contributed by atoms with E-state index in [1.807, 2.05) is 0 Å². The van der Waals surface area contributed by atoms with Crippen molar-refractivity contribution < 1.29 is 28.6 Å². The van der Waals surface area contributed by atoms with Gasteiger partial charge in [0.1, 0.15) is 13.2 Å². The van der Waals surface area contributed by atoms with Gasteiger partial charge in [-0.1, -0.05) is 278 Å². The average Bonchev–Trinajstić information content (AvgIpc) is 3.40. The molecule has 0 aliphatic carbocycles. The van der Waals surface area contributed by atoms with Crippen molar-refractivity contribution in [2.45, 2.75) is 290 Å². The molecule has 0 aliphatic rings. The van der Waals surface area contributed by atoms with E-state index in [2.05, 4.69) is 130 Å². The van der Waals surface area contributed by atoms with Gasteiger partial charge in [0.05, 0.1) is 0 Å². The largest absolute Gasteiger partial charge is 0.462 e. The summed E-state index contributed by atoms with van der Waals surface area (Å²) in [7, 11) is 0. The maximum absolute atomic E-state index is 12.9. The Morgan fingerprint density at radius 1 is 0.284 bits per heavy atom. The molecule has 0 aliphatic heterocycles. The first-order valence-electron chi connectivity index (χ1n) is 30.9. The summed E-state index contributed by atoms with van der Waals surface area (Å²) in [5.74, 6) is -0.959. The molecule has 6 nitrogen and oxygen atoms in total. The average molecular weight is 1030 g/mol. The second-order valence-corrected chi connectivity index (χ2v) is 20.2. The Balaban J connectivity index is 4.46. The lowest BCUT2D eigenvalue weighted by Crippen LogP contribution is -2.30. The van der Waals surface area contributed by atoms with Crippen molar-refractivity contribution in [3.05, 3.63) is 109 Å². The van der Waals surface area contributed by atoms with Crippen molar-refractivity contribution in [2.75, 3.05) is 13.2 Å². The van der Waals surface area contributed by atoms with Crippen LogP contribution in [0.3, 0.4) is 0 Å². The predicted molar refractivity (Wildman–Crippen MR) is 320 cm³/mol. The summed E-state index contributed by atoms with van der Waals surface area (Å²) in [5, 5.41) is 0. The molecular weight excluding hydrogens is 913 g/mol. The summed E-state index contributed by atoms with van der Waals surface area (Å²) in [6.45, 7) is 6.38. The van der Waals surface area contributed by atoms with Crippen LogP contribution >= 0.6 is 0 Å². The van der Waals surface area contributed by atoms with Crippen LogP contribution in [0.25, 0.3) is 0 Å². The van der Waals surface area contributed by atoms with Gasteiger partial charge in [-0.25, -0.2) is 0 Å². The molecule has 0 saturated heterocycles. The van der Waals surface area contributed by atoms with Gasteiger partial charge in [0.2, 0.25) is 0 Å². The third-order valence-electron chi connectivity index (χ3n) is 13.0. The van der Waals surface area contributed by atoms with Gasteiger partial charge in [-0.2, -0.15) is 0 Å².